The number of nitrogens with one attached hydrogen (secondary N) is 1. The maximum absolute atomic E-state index is 13.5. The summed E-state index contributed by atoms with van der Waals surface area (Å²) in [7, 11) is 0. The molecule has 1 N–H and O–H groups in total. The van der Waals surface area contributed by atoms with Gasteiger partial charge in [-0.05, 0) is 19.1 Å². The molecule has 5 heteroatoms. The third-order valence-corrected chi connectivity index (χ3v) is 3.09. The van der Waals surface area contributed by atoms with E-state index < -0.39 is 0 Å². The molecule has 0 aliphatic carbocycles. The van der Waals surface area contributed by atoms with Crippen LogP contribution in [0.3, 0.4) is 0 Å². The zero-order valence-electron chi connectivity index (χ0n) is 12.0. The lowest BCUT2D eigenvalue weighted by atomic mass is 9.96. The van der Waals surface area contributed by atoms with Gasteiger partial charge in [0.15, 0.2) is 0 Å². The van der Waals surface area contributed by atoms with Crippen molar-refractivity contribution in [2.24, 2.45) is 0 Å². The maximum atomic E-state index is 13.5. The average Bonchev–Trinajstić information content (AvgIpc) is 2.33. The number of hydrogen-bond acceptors (Lipinski definition) is 3. The third-order valence-electron chi connectivity index (χ3n) is 2.90. The van der Waals surface area contributed by atoms with Crippen molar-refractivity contribution in [3.8, 4) is 0 Å². The molecule has 1 heterocycles. The fourth-order valence-electron chi connectivity index (χ4n) is 1.70. The second-order valence-corrected chi connectivity index (χ2v) is 6.07. The number of benzene rings is 1. The van der Waals surface area contributed by atoms with Gasteiger partial charge in [0.1, 0.15) is 22.6 Å². The topological polar surface area (TPSA) is 37.8 Å². The van der Waals surface area contributed by atoms with Crippen LogP contribution in [-0.2, 0) is 5.41 Å². The molecule has 0 aliphatic rings. The highest BCUT2D eigenvalue weighted by atomic mass is 35.5. The van der Waals surface area contributed by atoms with Crippen molar-refractivity contribution < 1.29 is 4.39 Å². The van der Waals surface area contributed by atoms with Gasteiger partial charge in [-0.15, -0.1) is 0 Å². The minimum Gasteiger partial charge on any atom is -0.340 e. The highest BCUT2D eigenvalue weighted by Crippen LogP contribution is 2.26. The van der Waals surface area contributed by atoms with Crippen LogP contribution in [0.15, 0.2) is 24.3 Å². The minimum atomic E-state index is -0.258. The summed E-state index contributed by atoms with van der Waals surface area (Å²) in [5, 5.41) is 3.45. The minimum absolute atomic E-state index is 0.210. The number of aromatic nitrogens is 2. The van der Waals surface area contributed by atoms with Gasteiger partial charge in [-0.3, -0.25) is 0 Å². The van der Waals surface area contributed by atoms with Gasteiger partial charge in [-0.25, -0.2) is 14.4 Å². The summed E-state index contributed by atoms with van der Waals surface area (Å²) in [5.41, 5.74) is 0.998. The molecule has 0 saturated carbocycles. The Labute approximate surface area is 123 Å². The van der Waals surface area contributed by atoms with Crippen LogP contribution < -0.4 is 5.32 Å². The first-order chi connectivity index (χ1) is 9.27. The molecule has 0 bridgehead atoms. The third kappa shape index (κ3) is 3.25. The van der Waals surface area contributed by atoms with E-state index in [1.54, 1.807) is 25.1 Å². The zero-order chi connectivity index (χ0) is 14.9. The molecule has 0 unspecified atom stereocenters. The van der Waals surface area contributed by atoms with E-state index in [4.69, 9.17) is 11.6 Å². The number of halogens is 2. The molecule has 106 valence electrons. The van der Waals surface area contributed by atoms with Crippen LogP contribution in [0.25, 0.3) is 0 Å². The highest BCUT2D eigenvalue weighted by Gasteiger charge is 2.19. The van der Waals surface area contributed by atoms with Gasteiger partial charge >= 0.3 is 0 Å². The molecular formula is C15H17ClFN3. The van der Waals surface area contributed by atoms with Crippen molar-refractivity contribution in [2.45, 2.75) is 33.1 Å². The van der Waals surface area contributed by atoms with Gasteiger partial charge in [0.2, 0.25) is 0 Å². The van der Waals surface area contributed by atoms with Crippen LogP contribution in [0.2, 0.25) is 5.15 Å². The summed E-state index contributed by atoms with van der Waals surface area (Å²) in [6.45, 7) is 7.74. The predicted molar refractivity (Wildman–Crippen MR) is 80.2 cm³/mol. The lowest BCUT2D eigenvalue weighted by molar-refractivity contribution is 0.546. The van der Waals surface area contributed by atoms with Crippen LogP contribution in [0.1, 0.15) is 32.2 Å². The Morgan fingerprint density at radius 1 is 1.20 bits per heavy atom. The standard InChI is InChI=1S/C15H17ClFN3/c1-9-10(17)6-5-7-11(9)18-13-8-12(16)19-14(20-13)15(2,3)4/h5-8H,1-4H3,(H,18,19,20). The summed E-state index contributed by atoms with van der Waals surface area (Å²) < 4.78 is 13.5. The number of hydrogen-bond donors (Lipinski definition) is 1. The fourth-order valence-corrected chi connectivity index (χ4v) is 1.88. The zero-order valence-corrected chi connectivity index (χ0v) is 12.7. The molecule has 2 aromatic rings. The SMILES string of the molecule is Cc1c(F)cccc1Nc1cc(Cl)nc(C(C)(C)C)n1. The first-order valence-electron chi connectivity index (χ1n) is 6.34. The molecular weight excluding hydrogens is 277 g/mol. The Morgan fingerprint density at radius 3 is 2.55 bits per heavy atom. The molecule has 3 nitrogen and oxygen atoms in total. The highest BCUT2D eigenvalue weighted by molar-refractivity contribution is 6.29. The molecule has 1 aromatic carbocycles. The monoisotopic (exact) mass is 293 g/mol. The average molecular weight is 294 g/mol. The van der Waals surface area contributed by atoms with Crippen molar-refractivity contribution in [1.82, 2.24) is 9.97 Å². The van der Waals surface area contributed by atoms with Crippen LogP contribution in [-0.4, -0.2) is 9.97 Å². The number of rotatable bonds is 2. The number of anilines is 2. The Hall–Kier alpha value is -1.68. The van der Waals surface area contributed by atoms with Crippen molar-refractivity contribution >= 4 is 23.1 Å². The van der Waals surface area contributed by atoms with Crippen molar-refractivity contribution in [3.05, 3.63) is 46.6 Å². The van der Waals surface area contributed by atoms with E-state index in [1.165, 1.54) is 6.07 Å². The molecule has 0 spiro atoms. The Bertz CT molecular complexity index is 636. The number of nitrogens with zero attached hydrogens (tertiary/aromatic N) is 2. The van der Waals surface area contributed by atoms with Gasteiger partial charge in [-0.2, -0.15) is 0 Å². The summed E-state index contributed by atoms with van der Waals surface area (Å²) in [5.74, 6) is 0.941. The lowest BCUT2D eigenvalue weighted by Crippen LogP contribution is -2.17. The van der Waals surface area contributed by atoms with E-state index in [0.717, 1.165) is 0 Å². The molecule has 2 rings (SSSR count). The van der Waals surface area contributed by atoms with Crippen molar-refractivity contribution in [2.75, 3.05) is 5.32 Å². The molecule has 0 fully saturated rings. The van der Waals surface area contributed by atoms with E-state index >= 15 is 0 Å². The quantitative estimate of drug-likeness (QED) is 0.821. The molecule has 1 aromatic heterocycles. The Balaban J connectivity index is 2.39. The lowest BCUT2D eigenvalue weighted by Gasteiger charge is -2.18. The molecule has 0 aliphatic heterocycles. The van der Waals surface area contributed by atoms with E-state index in [-0.39, 0.29) is 11.2 Å². The normalized spacial score (nSPS) is 11.5. The van der Waals surface area contributed by atoms with Gasteiger partial charge in [0.05, 0.1) is 0 Å². The summed E-state index contributed by atoms with van der Waals surface area (Å²) in [6, 6.07) is 6.50. The summed E-state index contributed by atoms with van der Waals surface area (Å²) >= 11 is 6.03. The van der Waals surface area contributed by atoms with Gasteiger partial charge in [0.25, 0.3) is 0 Å². The largest absolute Gasteiger partial charge is 0.340 e. The molecule has 0 radical (unpaired) electrons. The van der Waals surface area contributed by atoms with E-state index in [0.29, 0.717) is 28.0 Å². The van der Waals surface area contributed by atoms with Gasteiger partial charge < -0.3 is 5.32 Å². The van der Waals surface area contributed by atoms with E-state index in [2.05, 4.69) is 15.3 Å². The van der Waals surface area contributed by atoms with Gasteiger partial charge in [0, 0.05) is 22.7 Å². The van der Waals surface area contributed by atoms with Crippen LogP contribution in [0, 0.1) is 12.7 Å². The Kier molecular flexibility index (Phi) is 3.95. The van der Waals surface area contributed by atoms with Crippen molar-refractivity contribution in [1.29, 1.82) is 0 Å². The summed E-state index contributed by atoms with van der Waals surface area (Å²) in [4.78, 5) is 8.67. The van der Waals surface area contributed by atoms with Crippen LogP contribution in [0.5, 0.6) is 0 Å². The smallest absolute Gasteiger partial charge is 0.137 e. The molecule has 0 saturated heterocycles. The first kappa shape index (κ1) is 14.7. The molecule has 0 atom stereocenters. The summed E-state index contributed by atoms with van der Waals surface area (Å²) in [6.07, 6.45) is 0. The second kappa shape index (κ2) is 5.37. The van der Waals surface area contributed by atoms with Crippen molar-refractivity contribution in [3.63, 3.8) is 0 Å². The van der Waals surface area contributed by atoms with E-state index in [1.807, 2.05) is 20.8 Å². The maximum Gasteiger partial charge on any atom is 0.137 e. The van der Waals surface area contributed by atoms with Crippen LogP contribution in [0.4, 0.5) is 15.9 Å². The van der Waals surface area contributed by atoms with E-state index in [9.17, 15) is 4.39 Å². The predicted octanol–water partition coefficient (Wildman–Crippen LogP) is 4.62. The fraction of sp³-hybridized carbons (Fsp3) is 0.333. The molecule has 0 amide bonds. The molecule has 20 heavy (non-hydrogen) atoms. The van der Waals surface area contributed by atoms with Gasteiger partial charge in [-0.1, -0.05) is 38.4 Å². The Morgan fingerprint density at radius 2 is 1.90 bits per heavy atom. The van der Waals surface area contributed by atoms with Crippen LogP contribution >= 0.6 is 11.6 Å². The second-order valence-electron chi connectivity index (χ2n) is 5.69. The first-order valence-corrected chi connectivity index (χ1v) is 6.72.